The molecule has 1 atom stereocenters. The summed E-state index contributed by atoms with van der Waals surface area (Å²) in [6.07, 6.45) is 2.20. The molecular weight excluding hydrogens is 244 g/mol. The Morgan fingerprint density at radius 2 is 1.92 bits per heavy atom. The van der Waals surface area contributed by atoms with Crippen LogP contribution < -0.4 is 0 Å². The minimum atomic E-state index is -3.53. The van der Waals surface area contributed by atoms with Gasteiger partial charge in [-0.1, -0.05) is 27.0 Å². The molecule has 0 rings (SSSR count). The number of hydrogen-bond donors (Lipinski definition) is 0. The first kappa shape index (κ1) is 12.5. The fourth-order valence-electron chi connectivity index (χ4n) is 0.498. The maximum Gasteiger partial charge on any atom is 0.226 e. The first-order valence-corrected chi connectivity index (χ1v) is 5.85. The van der Waals surface area contributed by atoms with Crippen molar-refractivity contribution in [2.24, 2.45) is 0 Å². The van der Waals surface area contributed by atoms with Gasteiger partial charge in [0.25, 0.3) is 0 Å². The summed E-state index contributed by atoms with van der Waals surface area (Å²) in [6, 6.07) is 0. The van der Waals surface area contributed by atoms with E-state index in [1.807, 2.05) is 0 Å². The molecule has 72 valence electrons. The Kier molecular flexibility index (Phi) is 4.33. The zero-order valence-electron chi connectivity index (χ0n) is 6.46. The Hall–Kier alpha value is 0.520. The minimum absolute atomic E-state index is 0.500. The number of nitrogens with zero attached hydrogens (tertiary/aromatic N) is 1. The van der Waals surface area contributed by atoms with Gasteiger partial charge in [-0.3, -0.25) is 0 Å². The van der Waals surface area contributed by atoms with Gasteiger partial charge in [0.1, 0.15) is 5.00 Å². The van der Waals surface area contributed by atoms with Crippen LogP contribution in [0.3, 0.4) is 0 Å². The van der Waals surface area contributed by atoms with Gasteiger partial charge in [-0.15, -0.1) is 0 Å². The van der Waals surface area contributed by atoms with Gasteiger partial charge in [-0.05, 0) is 24.8 Å². The number of rotatable bonds is 3. The molecule has 0 aromatic heterocycles. The van der Waals surface area contributed by atoms with Crippen molar-refractivity contribution in [1.82, 2.24) is 3.82 Å². The van der Waals surface area contributed by atoms with Crippen LogP contribution in [-0.4, -0.2) is 23.5 Å². The van der Waals surface area contributed by atoms with E-state index < -0.39 is 15.0 Å². The highest BCUT2D eigenvalue weighted by atomic mass is 35.5. The number of halogens is 3. The van der Waals surface area contributed by atoms with Crippen molar-refractivity contribution < 1.29 is 8.42 Å². The number of hydrogen-bond acceptors (Lipinski definition) is 2. The summed E-state index contributed by atoms with van der Waals surface area (Å²) in [5, 5.41) is 0. The molecule has 3 nitrogen and oxygen atoms in total. The van der Waals surface area contributed by atoms with Gasteiger partial charge in [-0.25, -0.2) is 8.42 Å². The first-order valence-electron chi connectivity index (χ1n) is 2.85. The Morgan fingerprint density at radius 1 is 1.50 bits per heavy atom. The fourth-order valence-corrected chi connectivity index (χ4v) is 2.01. The quantitative estimate of drug-likeness (QED) is 0.438. The van der Waals surface area contributed by atoms with Crippen LogP contribution in [0.1, 0.15) is 6.92 Å². The van der Waals surface area contributed by atoms with Crippen LogP contribution in [-0.2, 0) is 10.0 Å². The van der Waals surface area contributed by atoms with Crippen LogP contribution in [0, 0.1) is 0 Å². The second kappa shape index (κ2) is 4.15. The van der Waals surface area contributed by atoms with Gasteiger partial charge < -0.3 is 0 Å². The summed E-state index contributed by atoms with van der Waals surface area (Å²) in [6.45, 7) is 1.40. The highest BCUT2D eigenvalue weighted by molar-refractivity contribution is 7.89. The molecule has 0 saturated carbocycles. The lowest BCUT2D eigenvalue weighted by Gasteiger charge is -2.24. The predicted molar refractivity (Wildman–Crippen MR) is 51.8 cm³/mol. The molecule has 0 aromatic carbocycles. The molecule has 0 saturated heterocycles. The summed E-state index contributed by atoms with van der Waals surface area (Å²) < 4.78 is 22.3. The third-order valence-electron chi connectivity index (χ3n) is 1.00. The second-order valence-electron chi connectivity index (χ2n) is 2.29. The monoisotopic (exact) mass is 251 g/mol. The fraction of sp³-hybridized carbons (Fsp3) is 0.600. The van der Waals surface area contributed by atoms with E-state index in [0.29, 0.717) is 3.82 Å². The molecule has 7 heteroatoms. The zero-order valence-corrected chi connectivity index (χ0v) is 9.54. The standard InChI is InChI=1S/C5H8Cl3NO2S/c1-5(7,3-4-6)9(8)12(2,10)11/h3-4H,1-2H3/b4-3+. The minimum Gasteiger partial charge on any atom is -0.211 e. The first-order chi connectivity index (χ1) is 5.22. The second-order valence-corrected chi connectivity index (χ2v) is 5.68. The smallest absolute Gasteiger partial charge is 0.211 e. The SMILES string of the molecule is CC(Cl)(/C=C/Cl)N(Cl)S(C)(=O)=O. The Balaban J connectivity index is 4.81. The molecule has 0 aromatic rings. The molecule has 0 amide bonds. The van der Waals surface area contributed by atoms with Crippen LogP contribution in [0.2, 0.25) is 0 Å². The Labute approximate surface area is 87.1 Å². The molecule has 0 heterocycles. The van der Waals surface area contributed by atoms with E-state index in [1.165, 1.54) is 13.0 Å². The molecule has 0 radical (unpaired) electrons. The molecule has 0 N–H and O–H groups in total. The molecule has 0 aliphatic rings. The average molecular weight is 253 g/mol. The largest absolute Gasteiger partial charge is 0.226 e. The maximum absolute atomic E-state index is 10.9. The number of alkyl halides is 1. The van der Waals surface area contributed by atoms with E-state index in [0.717, 1.165) is 11.8 Å². The lowest BCUT2D eigenvalue weighted by molar-refractivity contribution is 0.491. The van der Waals surface area contributed by atoms with Gasteiger partial charge in [0.2, 0.25) is 10.0 Å². The molecule has 0 spiro atoms. The van der Waals surface area contributed by atoms with Crippen molar-refractivity contribution in [2.75, 3.05) is 6.26 Å². The summed E-state index contributed by atoms with van der Waals surface area (Å²) in [7, 11) is -3.53. The topological polar surface area (TPSA) is 37.4 Å². The predicted octanol–water partition coefficient (Wildman–Crippen LogP) is 2.11. The summed E-state index contributed by atoms with van der Waals surface area (Å²) in [4.78, 5) is -1.34. The summed E-state index contributed by atoms with van der Waals surface area (Å²) >= 11 is 16.4. The van der Waals surface area contributed by atoms with Gasteiger partial charge in [0.15, 0.2) is 0 Å². The van der Waals surface area contributed by atoms with Gasteiger partial charge in [0.05, 0.1) is 6.26 Å². The van der Waals surface area contributed by atoms with Crippen LogP contribution >= 0.6 is 35.0 Å². The highest BCUT2D eigenvalue weighted by Gasteiger charge is 2.32. The third-order valence-corrected chi connectivity index (χ3v) is 3.67. The van der Waals surface area contributed by atoms with Crippen molar-refractivity contribution in [1.29, 1.82) is 0 Å². The van der Waals surface area contributed by atoms with Gasteiger partial charge >= 0.3 is 0 Å². The third kappa shape index (κ3) is 3.49. The Bertz CT molecular complexity index is 272. The number of sulfonamides is 1. The molecule has 0 aliphatic carbocycles. The molecule has 0 fully saturated rings. The molecular formula is C5H8Cl3NO2S. The van der Waals surface area contributed by atoms with Crippen LogP contribution in [0.15, 0.2) is 11.6 Å². The normalized spacial score (nSPS) is 18.5. The Morgan fingerprint density at radius 3 is 2.17 bits per heavy atom. The van der Waals surface area contributed by atoms with Gasteiger partial charge in [-0.2, -0.15) is 0 Å². The van der Waals surface area contributed by atoms with E-state index in [-0.39, 0.29) is 0 Å². The molecule has 12 heavy (non-hydrogen) atoms. The van der Waals surface area contributed by atoms with Crippen molar-refractivity contribution in [2.45, 2.75) is 11.9 Å². The van der Waals surface area contributed by atoms with E-state index >= 15 is 0 Å². The van der Waals surface area contributed by atoms with E-state index in [1.54, 1.807) is 0 Å². The van der Waals surface area contributed by atoms with E-state index in [4.69, 9.17) is 35.0 Å². The van der Waals surface area contributed by atoms with Crippen molar-refractivity contribution in [3.63, 3.8) is 0 Å². The summed E-state index contributed by atoms with van der Waals surface area (Å²) in [5.41, 5.74) is 1.10. The van der Waals surface area contributed by atoms with Crippen molar-refractivity contribution >= 4 is 45.0 Å². The molecule has 0 bridgehead atoms. The summed E-state index contributed by atoms with van der Waals surface area (Å²) in [5.74, 6) is 0. The van der Waals surface area contributed by atoms with Gasteiger partial charge in [0, 0.05) is 5.54 Å². The van der Waals surface area contributed by atoms with Crippen LogP contribution in [0.4, 0.5) is 0 Å². The average Bonchev–Trinajstić information content (AvgIpc) is 1.84. The lowest BCUT2D eigenvalue weighted by Crippen LogP contribution is -2.36. The molecule has 0 aliphatic heterocycles. The van der Waals surface area contributed by atoms with E-state index in [9.17, 15) is 8.42 Å². The van der Waals surface area contributed by atoms with Crippen molar-refractivity contribution in [3.8, 4) is 0 Å². The molecule has 1 unspecified atom stereocenters. The van der Waals surface area contributed by atoms with Crippen LogP contribution in [0.25, 0.3) is 0 Å². The highest BCUT2D eigenvalue weighted by Crippen LogP contribution is 2.27. The maximum atomic E-state index is 10.9. The van der Waals surface area contributed by atoms with Crippen LogP contribution in [0.5, 0.6) is 0 Å². The lowest BCUT2D eigenvalue weighted by atomic mass is 10.4. The zero-order chi connectivity index (χ0) is 9.99. The van der Waals surface area contributed by atoms with E-state index in [2.05, 4.69) is 0 Å². The van der Waals surface area contributed by atoms with Crippen molar-refractivity contribution in [3.05, 3.63) is 11.6 Å².